The van der Waals surface area contributed by atoms with E-state index in [0.29, 0.717) is 6.61 Å². The lowest BCUT2D eigenvalue weighted by Gasteiger charge is -2.12. The van der Waals surface area contributed by atoms with E-state index in [1.54, 1.807) is 0 Å². The highest BCUT2D eigenvalue weighted by Gasteiger charge is 2.23. The predicted octanol–water partition coefficient (Wildman–Crippen LogP) is 3.86. The third-order valence-electron chi connectivity index (χ3n) is 4.16. The van der Waals surface area contributed by atoms with E-state index in [2.05, 4.69) is 32.0 Å². The Hall–Kier alpha value is -1.80. The van der Waals surface area contributed by atoms with Gasteiger partial charge < -0.3 is 9.84 Å². The number of benzene rings is 2. The van der Waals surface area contributed by atoms with Crippen LogP contribution in [0.2, 0.25) is 0 Å². The van der Waals surface area contributed by atoms with E-state index in [1.807, 2.05) is 18.2 Å². The molecule has 20 heavy (non-hydrogen) atoms. The fraction of sp³-hybridized carbons (Fsp3) is 0.333. The molecule has 1 atom stereocenters. The maximum absolute atomic E-state index is 9.90. The highest BCUT2D eigenvalue weighted by Crippen LogP contribution is 2.36. The summed E-state index contributed by atoms with van der Waals surface area (Å²) in [5.74, 6) is 0.914. The summed E-state index contributed by atoms with van der Waals surface area (Å²) >= 11 is 0. The van der Waals surface area contributed by atoms with Crippen LogP contribution in [0.1, 0.15) is 40.3 Å². The van der Waals surface area contributed by atoms with Crippen molar-refractivity contribution in [2.24, 2.45) is 0 Å². The zero-order chi connectivity index (χ0) is 14.1. The van der Waals surface area contributed by atoms with Crippen molar-refractivity contribution in [3.8, 4) is 5.75 Å². The van der Waals surface area contributed by atoms with Gasteiger partial charge in [0.2, 0.25) is 0 Å². The second-order valence-corrected chi connectivity index (χ2v) is 5.59. The van der Waals surface area contributed by atoms with E-state index >= 15 is 0 Å². The van der Waals surface area contributed by atoms with Crippen LogP contribution in [-0.4, -0.2) is 5.11 Å². The molecule has 0 amide bonds. The second-order valence-electron chi connectivity index (χ2n) is 5.59. The molecule has 3 rings (SSSR count). The summed E-state index contributed by atoms with van der Waals surface area (Å²) < 4.78 is 5.97. The molecule has 0 bridgehead atoms. The smallest absolute Gasteiger partial charge is 0.123 e. The molecule has 2 nitrogen and oxygen atoms in total. The average molecular weight is 268 g/mol. The fourth-order valence-corrected chi connectivity index (χ4v) is 2.79. The summed E-state index contributed by atoms with van der Waals surface area (Å²) in [6.45, 7) is 4.81. The van der Waals surface area contributed by atoms with Gasteiger partial charge in [-0.3, -0.25) is 0 Å². The van der Waals surface area contributed by atoms with Gasteiger partial charge in [-0.2, -0.15) is 0 Å². The van der Waals surface area contributed by atoms with E-state index in [-0.39, 0.29) is 6.10 Å². The molecule has 104 valence electrons. The number of rotatable bonds is 3. The van der Waals surface area contributed by atoms with Crippen LogP contribution >= 0.6 is 0 Å². The molecule has 1 aliphatic carbocycles. The molecule has 2 aromatic rings. The highest BCUT2D eigenvalue weighted by atomic mass is 16.5. The van der Waals surface area contributed by atoms with Crippen molar-refractivity contribution < 1.29 is 9.84 Å². The van der Waals surface area contributed by atoms with Crippen molar-refractivity contribution in [1.29, 1.82) is 0 Å². The van der Waals surface area contributed by atoms with Crippen LogP contribution in [0.3, 0.4) is 0 Å². The van der Waals surface area contributed by atoms with Crippen LogP contribution in [0.25, 0.3) is 0 Å². The minimum atomic E-state index is -0.324. The topological polar surface area (TPSA) is 29.5 Å². The summed E-state index contributed by atoms with van der Waals surface area (Å²) in [6.07, 6.45) is 1.38. The quantitative estimate of drug-likeness (QED) is 0.916. The van der Waals surface area contributed by atoms with Crippen LogP contribution in [0, 0.1) is 13.8 Å². The Kier molecular flexibility index (Phi) is 3.49. The standard InChI is InChI=1S/C18H20O2/c1-12-6-7-14(10-13(12)2)11-20-18-5-3-4-15-16(18)8-9-17(15)19/h3-7,10,17,19H,8-9,11H2,1-2H3. The van der Waals surface area contributed by atoms with Crippen molar-refractivity contribution in [2.75, 3.05) is 0 Å². The molecule has 2 aromatic carbocycles. The first-order chi connectivity index (χ1) is 9.65. The van der Waals surface area contributed by atoms with Gasteiger partial charge in [0.25, 0.3) is 0 Å². The summed E-state index contributed by atoms with van der Waals surface area (Å²) in [6, 6.07) is 12.4. The Labute approximate surface area is 120 Å². The first-order valence-corrected chi connectivity index (χ1v) is 7.14. The van der Waals surface area contributed by atoms with Crippen molar-refractivity contribution in [2.45, 2.75) is 39.4 Å². The van der Waals surface area contributed by atoms with Gasteiger partial charge in [-0.1, -0.05) is 30.3 Å². The van der Waals surface area contributed by atoms with E-state index in [4.69, 9.17) is 4.74 Å². The van der Waals surface area contributed by atoms with Crippen LogP contribution in [-0.2, 0) is 13.0 Å². The molecule has 0 heterocycles. The molecule has 1 N–H and O–H groups in total. The monoisotopic (exact) mass is 268 g/mol. The van der Waals surface area contributed by atoms with Crippen LogP contribution < -0.4 is 4.74 Å². The average Bonchev–Trinajstić information content (AvgIpc) is 2.83. The zero-order valence-corrected chi connectivity index (χ0v) is 12.0. The van der Waals surface area contributed by atoms with Crippen LogP contribution in [0.4, 0.5) is 0 Å². The Morgan fingerprint density at radius 2 is 2.00 bits per heavy atom. The normalized spacial score (nSPS) is 17.1. The van der Waals surface area contributed by atoms with Gasteiger partial charge in [-0.25, -0.2) is 0 Å². The van der Waals surface area contributed by atoms with Crippen molar-refractivity contribution in [1.82, 2.24) is 0 Å². The van der Waals surface area contributed by atoms with E-state index in [1.165, 1.54) is 22.3 Å². The van der Waals surface area contributed by atoms with E-state index in [9.17, 15) is 5.11 Å². The minimum absolute atomic E-state index is 0.324. The number of ether oxygens (including phenoxy) is 1. The third kappa shape index (κ3) is 2.44. The maximum Gasteiger partial charge on any atom is 0.123 e. The largest absolute Gasteiger partial charge is 0.489 e. The van der Waals surface area contributed by atoms with Crippen molar-refractivity contribution in [3.63, 3.8) is 0 Å². The Bertz CT molecular complexity index is 631. The number of hydrogen-bond acceptors (Lipinski definition) is 2. The summed E-state index contributed by atoms with van der Waals surface area (Å²) in [7, 11) is 0. The molecule has 0 aliphatic heterocycles. The van der Waals surface area contributed by atoms with Gasteiger partial charge in [0.05, 0.1) is 6.10 Å². The number of hydrogen-bond donors (Lipinski definition) is 1. The summed E-state index contributed by atoms with van der Waals surface area (Å²) in [5.41, 5.74) is 5.98. The van der Waals surface area contributed by atoms with Gasteiger partial charge in [0, 0.05) is 5.56 Å². The van der Waals surface area contributed by atoms with E-state index < -0.39 is 0 Å². The molecule has 0 spiro atoms. The number of aliphatic hydroxyl groups is 1. The van der Waals surface area contributed by atoms with Gasteiger partial charge in [0.1, 0.15) is 12.4 Å². The molecular formula is C18H20O2. The van der Waals surface area contributed by atoms with Gasteiger partial charge in [-0.05, 0) is 55.0 Å². The minimum Gasteiger partial charge on any atom is -0.489 e. The third-order valence-corrected chi connectivity index (χ3v) is 4.16. The lowest BCUT2D eigenvalue weighted by atomic mass is 10.1. The molecule has 2 heteroatoms. The van der Waals surface area contributed by atoms with E-state index in [0.717, 1.165) is 24.2 Å². The first kappa shape index (κ1) is 13.2. The molecule has 0 fully saturated rings. The highest BCUT2D eigenvalue weighted by molar-refractivity contribution is 5.44. The number of fused-ring (bicyclic) bond motifs is 1. The van der Waals surface area contributed by atoms with Crippen LogP contribution in [0.5, 0.6) is 5.75 Å². The van der Waals surface area contributed by atoms with Crippen LogP contribution in [0.15, 0.2) is 36.4 Å². The molecule has 0 radical (unpaired) electrons. The van der Waals surface area contributed by atoms with Gasteiger partial charge >= 0.3 is 0 Å². The first-order valence-electron chi connectivity index (χ1n) is 7.14. The summed E-state index contributed by atoms with van der Waals surface area (Å²) in [5, 5.41) is 9.90. The molecule has 1 unspecified atom stereocenters. The second kappa shape index (κ2) is 5.29. The molecule has 0 saturated heterocycles. The lowest BCUT2D eigenvalue weighted by Crippen LogP contribution is -1.99. The number of aliphatic hydroxyl groups excluding tert-OH is 1. The van der Waals surface area contributed by atoms with Crippen molar-refractivity contribution in [3.05, 3.63) is 64.2 Å². The predicted molar refractivity (Wildman–Crippen MR) is 80.0 cm³/mol. The number of aryl methyl sites for hydroxylation is 2. The molecule has 0 aromatic heterocycles. The maximum atomic E-state index is 9.90. The SMILES string of the molecule is Cc1ccc(COc2cccc3c2CCC3O)cc1C. The Morgan fingerprint density at radius 3 is 2.80 bits per heavy atom. The Morgan fingerprint density at radius 1 is 1.15 bits per heavy atom. The molecule has 1 aliphatic rings. The Balaban J connectivity index is 1.77. The lowest BCUT2D eigenvalue weighted by molar-refractivity contribution is 0.180. The molecule has 0 saturated carbocycles. The summed E-state index contributed by atoms with van der Waals surface area (Å²) in [4.78, 5) is 0. The zero-order valence-electron chi connectivity index (χ0n) is 12.0. The van der Waals surface area contributed by atoms with Gasteiger partial charge in [-0.15, -0.1) is 0 Å². The van der Waals surface area contributed by atoms with Gasteiger partial charge in [0.15, 0.2) is 0 Å². The van der Waals surface area contributed by atoms with Crippen molar-refractivity contribution >= 4 is 0 Å². The molecular weight excluding hydrogens is 248 g/mol. The fourth-order valence-electron chi connectivity index (χ4n) is 2.79.